The van der Waals surface area contributed by atoms with E-state index in [1.54, 1.807) is 18.2 Å². The molecule has 1 aromatic heterocycles. The number of thiazole rings is 1. The number of phenols is 1. The lowest BCUT2D eigenvalue weighted by atomic mass is 10.1. The molecule has 5 nitrogen and oxygen atoms in total. The Balaban J connectivity index is 2.50. The highest BCUT2D eigenvalue weighted by atomic mass is 32.1. The Kier molecular flexibility index (Phi) is 4.45. The minimum Gasteiger partial charge on any atom is -0.502 e. The number of hydrogen-bond acceptors (Lipinski definition) is 6. The summed E-state index contributed by atoms with van der Waals surface area (Å²) in [7, 11) is 2.91. The number of aryl methyl sites for hydroxylation is 1. The molecular weight excluding hydrogens is 288 g/mol. The third kappa shape index (κ3) is 3.15. The van der Waals surface area contributed by atoms with Crippen LogP contribution in [0.5, 0.6) is 17.2 Å². The van der Waals surface area contributed by atoms with E-state index < -0.39 is 0 Å². The number of phenolic OH excluding ortho intramolecular Hbond substituents is 1. The first-order valence-corrected chi connectivity index (χ1v) is 6.96. The first kappa shape index (κ1) is 14.9. The van der Waals surface area contributed by atoms with Crippen LogP contribution < -0.4 is 9.47 Å². The van der Waals surface area contributed by atoms with Crippen molar-refractivity contribution in [3.05, 3.63) is 33.8 Å². The van der Waals surface area contributed by atoms with Crippen LogP contribution in [0.4, 0.5) is 0 Å². The molecule has 21 heavy (non-hydrogen) atoms. The predicted octanol–water partition coefficient (Wildman–Crippen LogP) is 3.24. The molecule has 1 aromatic carbocycles. The van der Waals surface area contributed by atoms with Gasteiger partial charge >= 0.3 is 0 Å². The molecule has 2 rings (SSSR count). The van der Waals surface area contributed by atoms with E-state index in [0.717, 1.165) is 5.69 Å². The van der Waals surface area contributed by atoms with Crippen molar-refractivity contribution in [2.45, 2.75) is 6.92 Å². The van der Waals surface area contributed by atoms with Gasteiger partial charge in [-0.3, -0.25) is 0 Å². The zero-order valence-corrected chi connectivity index (χ0v) is 12.7. The standard InChI is InChI=1S/C15H14N2O3S/c1-9-8-21-15(17-9)11(7-16)4-10-5-12(19-2)14(18)13(6-10)20-3/h4-6,8,18H,1-3H3. The number of rotatable bonds is 4. The largest absolute Gasteiger partial charge is 0.502 e. The van der Waals surface area contributed by atoms with Crippen LogP contribution in [0, 0.1) is 18.3 Å². The third-order valence-electron chi connectivity index (χ3n) is 2.78. The van der Waals surface area contributed by atoms with Crippen molar-refractivity contribution < 1.29 is 14.6 Å². The van der Waals surface area contributed by atoms with Gasteiger partial charge in [0, 0.05) is 11.1 Å². The molecule has 0 aliphatic heterocycles. The third-order valence-corrected chi connectivity index (χ3v) is 3.78. The Bertz CT molecular complexity index is 704. The Hall–Kier alpha value is -2.52. The number of hydrogen-bond donors (Lipinski definition) is 1. The Morgan fingerprint density at radius 2 is 1.95 bits per heavy atom. The highest BCUT2D eigenvalue weighted by Crippen LogP contribution is 2.38. The highest BCUT2D eigenvalue weighted by Gasteiger charge is 2.12. The molecule has 0 aliphatic rings. The molecule has 0 radical (unpaired) electrons. The van der Waals surface area contributed by atoms with Gasteiger partial charge in [0.1, 0.15) is 11.1 Å². The summed E-state index contributed by atoms with van der Waals surface area (Å²) in [6.45, 7) is 1.88. The van der Waals surface area contributed by atoms with Gasteiger partial charge in [0.05, 0.1) is 19.8 Å². The van der Waals surface area contributed by atoms with Gasteiger partial charge in [-0.15, -0.1) is 11.3 Å². The van der Waals surface area contributed by atoms with E-state index >= 15 is 0 Å². The zero-order valence-electron chi connectivity index (χ0n) is 11.9. The van der Waals surface area contributed by atoms with Crippen LogP contribution in [-0.4, -0.2) is 24.3 Å². The predicted molar refractivity (Wildman–Crippen MR) is 81.5 cm³/mol. The molecule has 0 spiro atoms. The monoisotopic (exact) mass is 302 g/mol. The molecule has 0 unspecified atom stereocenters. The molecule has 0 atom stereocenters. The fourth-order valence-electron chi connectivity index (χ4n) is 1.78. The molecule has 0 amide bonds. The Morgan fingerprint density at radius 1 is 1.33 bits per heavy atom. The summed E-state index contributed by atoms with van der Waals surface area (Å²) in [5, 5.41) is 21.7. The number of aromatic hydroxyl groups is 1. The van der Waals surface area contributed by atoms with Gasteiger partial charge in [-0.05, 0) is 30.7 Å². The molecule has 108 valence electrons. The fourth-order valence-corrected chi connectivity index (χ4v) is 2.55. The van der Waals surface area contributed by atoms with Crippen LogP contribution in [0.25, 0.3) is 11.6 Å². The molecule has 0 fully saturated rings. The number of ether oxygens (including phenoxy) is 2. The van der Waals surface area contributed by atoms with Crippen molar-refractivity contribution in [2.75, 3.05) is 14.2 Å². The van der Waals surface area contributed by atoms with E-state index in [4.69, 9.17) is 9.47 Å². The van der Waals surface area contributed by atoms with E-state index in [1.165, 1.54) is 25.6 Å². The van der Waals surface area contributed by atoms with Crippen LogP contribution in [0.15, 0.2) is 17.5 Å². The summed E-state index contributed by atoms with van der Waals surface area (Å²) in [6.07, 6.45) is 1.68. The van der Waals surface area contributed by atoms with E-state index in [2.05, 4.69) is 11.1 Å². The lowest BCUT2D eigenvalue weighted by Crippen LogP contribution is -1.90. The SMILES string of the molecule is COc1cc(C=C(C#N)c2nc(C)cs2)cc(OC)c1O. The number of nitrogens with zero attached hydrogens (tertiary/aromatic N) is 2. The maximum absolute atomic E-state index is 9.88. The van der Waals surface area contributed by atoms with Crippen LogP contribution >= 0.6 is 11.3 Å². The fraction of sp³-hybridized carbons (Fsp3) is 0.200. The van der Waals surface area contributed by atoms with Crippen molar-refractivity contribution in [1.82, 2.24) is 4.98 Å². The molecule has 0 saturated carbocycles. The maximum Gasteiger partial charge on any atom is 0.200 e. The van der Waals surface area contributed by atoms with Gasteiger partial charge in [0.25, 0.3) is 0 Å². The molecule has 0 bridgehead atoms. The van der Waals surface area contributed by atoms with Crippen molar-refractivity contribution in [3.63, 3.8) is 0 Å². The summed E-state index contributed by atoms with van der Waals surface area (Å²) in [5.74, 6) is 0.502. The van der Waals surface area contributed by atoms with Crippen molar-refractivity contribution in [2.24, 2.45) is 0 Å². The first-order chi connectivity index (χ1) is 10.1. The van der Waals surface area contributed by atoms with Crippen molar-refractivity contribution in [3.8, 4) is 23.3 Å². The number of aromatic nitrogens is 1. The second-order valence-electron chi connectivity index (χ2n) is 4.24. The van der Waals surface area contributed by atoms with E-state index in [-0.39, 0.29) is 17.2 Å². The van der Waals surface area contributed by atoms with Gasteiger partial charge in [-0.1, -0.05) is 0 Å². The lowest BCUT2D eigenvalue weighted by Gasteiger charge is -2.09. The Labute approximate surface area is 126 Å². The van der Waals surface area contributed by atoms with E-state index in [0.29, 0.717) is 16.1 Å². The van der Waals surface area contributed by atoms with E-state index in [1.807, 2.05) is 12.3 Å². The number of allylic oxidation sites excluding steroid dienone is 1. The number of methoxy groups -OCH3 is 2. The summed E-state index contributed by atoms with van der Waals surface area (Å²) in [4.78, 5) is 4.30. The quantitative estimate of drug-likeness (QED) is 0.877. The molecular formula is C15H14N2O3S. The van der Waals surface area contributed by atoms with Gasteiger partial charge in [-0.25, -0.2) is 4.98 Å². The topological polar surface area (TPSA) is 75.4 Å². The van der Waals surface area contributed by atoms with Gasteiger partial charge < -0.3 is 14.6 Å². The molecule has 2 aromatic rings. The normalized spacial score (nSPS) is 11.0. The van der Waals surface area contributed by atoms with E-state index in [9.17, 15) is 10.4 Å². The minimum atomic E-state index is -0.0687. The molecule has 0 saturated heterocycles. The van der Waals surface area contributed by atoms with Crippen LogP contribution in [-0.2, 0) is 0 Å². The van der Waals surface area contributed by atoms with Crippen LogP contribution in [0.2, 0.25) is 0 Å². The lowest BCUT2D eigenvalue weighted by molar-refractivity contribution is 0.340. The first-order valence-electron chi connectivity index (χ1n) is 6.08. The highest BCUT2D eigenvalue weighted by molar-refractivity contribution is 7.11. The maximum atomic E-state index is 9.88. The summed E-state index contributed by atoms with van der Waals surface area (Å²) in [5.41, 5.74) is 2.01. The van der Waals surface area contributed by atoms with Crippen molar-refractivity contribution in [1.29, 1.82) is 5.26 Å². The average Bonchev–Trinajstić information content (AvgIpc) is 2.92. The molecule has 6 heteroatoms. The minimum absolute atomic E-state index is 0.0687. The summed E-state index contributed by atoms with van der Waals surface area (Å²) >= 11 is 1.41. The number of benzene rings is 1. The van der Waals surface area contributed by atoms with Gasteiger partial charge in [0.2, 0.25) is 5.75 Å². The summed E-state index contributed by atoms with van der Waals surface area (Å²) < 4.78 is 10.2. The smallest absolute Gasteiger partial charge is 0.200 e. The molecule has 1 N–H and O–H groups in total. The number of nitriles is 1. The summed E-state index contributed by atoms with van der Waals surface area (Å²) in [6, 6.07) is 5.40. The van der Waals surface area contributed by atoms with Gasteiger partial charge in [-0.2, -0.15) is 5.26 Å². The van der Waals surface area contributed by atoms with Gasteiger partial charge in [0.15, 0.2) is 11.5 Å². The van der Waals surface area contributed by atoms with Crippen LogP contribution in [0.3, 0.4) is 0 Å². The second-order valence-corrected chi connectivity index (χ2v) is 5.10. The van der Waals surface area contributed by atoms with Crippen LogP contribution in [0.1, 0.15) is 16.3 Å². The average molecular weight is 302 g/mol. The Morgan fingerprint density at radius 3 is 2.38 bits per heavy atom. The molecule has 1 heterocycles. The van der Waals surface area contributed by atoms with Crippen molar-refractivity contribution >= 4 is 23.0 Å². The second kappa shape index (κ2) is 6.29. The molecule has 0 aliphatic carbocycles. The zero-order chi connectivity index (χ0) is 15.4.